The van der Waals surface area contributed by atoms with Gasteiger partial charge in [0.25, 0.3) is 5.91 Å². The number of carboxylic acids is 1. The van der Waals surface area contributed by atoms with Crippen molar-refractivity contribution in [1.82, 2.24) is 10.2 Å². The number of benzene rings is 3. The third kappa shape index (κ3) is 6.62. The van der Waals surface area contributed by atoms with E-state index in [1.54, 1.807) is 31.2 Å². The van der Waals surface area contributed by atoms with Gasteiger partial charge in [-0.05, 0) is 34.7 Å². The Labute approximate surface area is 226 Å². The minimum Gasteiger partial charge on any atom is -0.481 e. The lowest BCUT2D eigenvalue weighted by Gasteiger charge is -2.26. The fraction of sp³-hybridized carbons (Fsp3) is 0.267. The number of alkyl carbamates (subject to hydrolysis) is 1. The van der Waals surface area contributed by atoms with E-state index in [1.165, 1.54) is 4.90 Å². The molecule has 1 aliphatic carbocycles. The predicted molar refractivity (Wildman–Crippen MR) is 143 cm³/mol. The molecule has 202 valence electrons. The lowest BCUT2D eigenvalue weighted by molar-refractivity contribution is -0.152. The highest BCUT2D eigenvalue weighted by Crippen LogP contribution is 2.44. The molecule has 0 saturated heterocycles. The van der Waals surface area contributed by atoms with Crippen LogP contribution < -0.4 is 5.32 Å². The molecule has 9 nitrogen and oxygen atoms in total. The molecule has 0 spiro atoms. The summed E-state index contributed by atoms with van der Waals surface area (Å²) in [5.74, 6) is -3.04. The summed E-state index contributed by atoms with van der Waals surface area (Å²) >= 11 is 0. The fourth-order valence-electron chi connectivity index (χ4n) is 4.69. The second-order valence-corrected chi connectivity index (χ2v) is 9.04. The predicted octanol–water partition coefficient (Wildman–Crippen LogP) is 3.96. The molecule has 2 N–H and O–H groups in total. The van der Waals surface area contributed by atoms with Gasteiger partial charge in [0.15, 0.2) is 0 Å². The van der Waals surface area contributed by atoms with Gasteiger partial charge in [0.1, 0.15) is 6.61 Å². The number of carbonyl (C=O) groups is 4. The first-order valence-electron chi connectivity index (χ1n) is 12.7. The lowest BCUT2D eigenvalue weighted by Crippen LogP contribution is -2.53. The van der Waals surface area contributed by atoms with E-state index in [-0.39, 0.29) is 38.6 Å². The van der Waals surface area contributed by atoms with Crippen LogP contribution in [0.4, 0.5) is 4.79 Å². The van der Waals surface area contributed by atoms with Crippen LogP contribution in [0.15, 0.2) is 78.9 Å². The summed E-state index contributed by atoms with van der Waals surface area (Å²) < 4.78 is 10.6. The van der Waals surface area contributed by atoms with Crippen LogP contribution in [-0.4, -0.2) is 59.7 Å². The van der Waals surface area contributed by atoms with Crippen LogP contribution in [0.2, 0.25) is 0 Å². The van der Waals surface area contributed by atoms with Crippen molar-refractivity contribution in [3.05, 3.63) is 95.6 Å². The number of hydrogen-bond donors (Lipinski definition) is 2. The number of hydrogen-bond acceptors (Lipinski definition) is 6. The molecular formula is C30H30N2O7. The minimum absolute atomic E-state index is 0.00363. The van der Waals surface area contributed by atoms with Crippen molar-refractivity contribution in [2.45, 2.75) is 31.8 Å². The van der Waals surface area contributed by atoms with Gasteiger partial charge in [-0.15, -0.1) is 0 Å². The van der Waals surface area contributed by atoms with Gasteiger partial charge in [0.2, 0.25) is 6.04 Å². The molecule has 0 aromatic heterocycles. The molecule has 4 rings (SSSR count). The first kappa shape index (κ1) is 27.4. The van der Waals surface area contributed by atoms with E-state index in [0.717, 1.165) is 27.8 Å². The number of nitrogens with one attached hydrogen (secondary N) is 1. The number of fused-ring (bicyclic) bond motifs is 3. The van der Waals surface area contributed by atoms with Crippen molar-refractivity contribution >= 4 is 23.9 Å². The Hall–Kier alpha value is -4.66. The highest BCUT2D eigenvalue weighted by atomic mass is 16.6. The quantitative estimate of drug-likeness (QED) is 0.284. The largest absolute Gasteiger partial charge is 0.481 e. The second kappa shape index (κ2) is 12.7. The van der Waals surface area contributed by atoms with Crippen molar-refractivity contribution < 1.29 is 33.8 Å². The Morgan fingerprint density at radius 1 is 0.872 bits per heavy atom. The molecular weight excluding hydrogens is 500 g/mol. The van der Waals surface area contributed by atoms with Crippen molar-refractivity contribution in [1.29, 1.82) is 0 Å². The molecule has 3 aromatic carbocycles. The zero-order valence-corrected chi connectivity index (χ0v) is 21.5. The Morgan fingerprint density at radius 3 is 2.05 bits per heavy atom. The normalized spacial score (nSPS) is 12.5. The number of carboxylic acid groups (broad SMARTS) is 1. The molecule has 3 aromatic rings. The topological polar surface area (TPSA) is 122 Å². The van der Waals surface area contributed by atoms with E-state index in [4.69, 9.17) is 9.47 Å². The summed E-state index contributed by atoms with van der Waals surface area (Å²) in [5, 5.41) is 11.5. The number of aliphatic carboxylic acids is 1. The van der Waals surface area contributed by atoms with Gasteiger partial charge >= 0.3 is 18.0 Å². The van der Waals surface area contributed by atoms with Gasteiger partial charge in [0, 0.05) is 19.0 Å². The van der Waals surface area contributed by atoms with Crippen LogP contribution in [-0.2, 0) is 30.4 Å². The molecule has 1 atom stereocenters. The number of amides is 2. The average molecular weight is 531 g/mol. The van der Waals surface area contributed by atoms with Gasteiger partial charge in [-0.25, -0.2) is 9.59 Å². The maximum absolute atomic E-state index is 13.5. The van der Waals surface area contributed by atoms with Crippen LogP contribution >= 0.6 is 0 Å². The zero-order chi connectivity index (χ0) is 27.8. The third-order valence-electron chi connectivity index (χ3n) is 6.50. The molecule has 1 unspecified atom stereocenters. The Balaban J connectivity index is 1.49. The maximum Gasteiger partial charge on any atom is 0.408 e. The summed E-state index contributed by atoms with van der Waals surface area (Å²) in [7, 11) is 0. The monoisotopic (exact) mass is 530 g/mol. The van der Waals surface area contributed by atoms with Gasteiger partial charge in [-0.1, -0.05) is 78.9 Å². The van der Waals surface area contributed by atoms with E-state index in [1.807, 2.05) is 54.6 Å². The van der Waals surface area contributed by atoms with Crippen LogP contribution in [0.25, 0.3) is 11.1 Å². The molecule has 0 radical (unpaired) electrons. The number of ether oxygens (including phenoxy) is 2. The van der Waals surface area contributed by atoms with E-state index in [9.17, 15) is 24.3 Å². The van der Waals surface area contributed by atoms with E-state index >= 15 is 0 Å². The van der Waals surface area contributed by atoms with Gasteiger partial charge in [-0.3, -0.25) is 14.9 Å². The van der Waals surface area contributed by atoms with Crippen molar-refractivity contribution in [3.8, 4) is 11.1 Å². The smallest absolute Gasteiger partial charge is 0.408 e. The van der Waals surface area contributed by atoms with Gasteiger partial charge < -0.3 is 19.5 Å². The van der Waals surface area contributed by atoms with Crippen molar-refractivity contribution in [2.24, 2.45) is 0 Å². The number of carbonyl (C=O) groups excluding carboxylic acids is 3. The first-order chi connectivity index (χ1) is 18.9. The third-order valence-corrected chi connectivity index (χ3v) is 6.50. The molecule has 0 fully saturated rings. The second-order valence-electron chi connectivity index (χ2n) is 9.04. The van der Waals surface area contributed by atoms with Crippen LogP contribution in [0.3, 0.4) is 0 Å². The summed E-state index contributed by atoms with van der Waals surface area (Å²) in [4.78, 5) is 51.5. The molecule has 2 amide bonds. The SMILES string of the molecule is CCOC(=O)C(NC(=O)OCC1c2ccccc2-c2ccccc21)C(=O)N(CCC(=O)O)Cc1ccccc1. The van der Waals surface area contributed by atoms with Crippen LogP contribution in [0.1, 0.15) is 36.0 Å². The lowest BCUT2D eigenvalue weighted by atomic mass is 9.98. The van der Waals surface area contributed by atoms with E-state index in [0.29, 0.717) is 0 Å². The molecule has 39 heavy (non-hydrogen) atoms. The molecule has 0 aliphatic heterocycles. The Kier molecular flexibility index (Phi) is 8.94. The minimum atomic E-state index is -1.70. The van der Waals surface area contributed by atoms with E-state index < -0.39 is 30.0 Å². The van der Waals surface area contributed by atoms with Crippen molar-refractivity contribution in [3.63, 3.8) is 0 Å². The van der Waals surface area contributed by atoms with Crippen LogP contribution in [0, 0.1) is 0 Å². The van der Waals surface area contributed by atoms with Gasteiger partial charge in [-0.2, -0.15) is 0 Å². The summed E-state index contributed by atoms with van der Waals surface area (Å²) in [6.07, 6.45) is -1.29. The molecule has 0 heterocycles. The number of rotatable bonds is 11. The maximum atomic E-state index is 13.5. The average Bonchev–Trinajstić information content (AvgIpc) is 3.26. The van der Waals surface area contributed by atoms with E-state index in [2.05, 4.69) is 5.32 Å². The zero-order valence-electron chi connectivity index (χ0n) is 21.5. The number of esters is 1. The first-order valence-corrected chi connectivity index (χ1v) is 12.7. The summed E-state index contributed by atoms with van der Waals surface area (Å²) in [5.41, 5.74) is 4.91. The summed E-state index contributed by atoms with van der Waals surface area (Å²) in [6, 6.07) is 23.0. The van der Waals surface area contributed by atoms with Crippen molar-refractivity contribution in [2.75, 3.05) is 19.8 Å². The standard InChI is InChI=1S/C30H30N2O7/c1-2-38-29(36)27(28(35)32(17-16-26(33)34)18-20-10-4-3-5-11-20)31-30(37)39-19-25-23-14-8-6-12-21(23)22-13-7-9-15-24(22)25/h3-15,25,27H,2,16-19H2,1H3,(H,31,37)(H,33,34). The number of nitrogens with zero attached hydrogens (tertiary/aromatic N) is 1. The summed E-state index contributed by atoms with van der Waals surface area (Å²) in [6.45, 7) is 1.46. The van der Waals surface area contributed by atoms with Gasteiger partial charge in [0.05, 0.1) is 13.0 Å². The molecule has 1 aliphatic rings. The van der Waals surface area contributed by atoms with Crippen LogP contribution in [0.5, 0.6) is 0 Å². The Bertz CT molecular complexity index is 1300. The highest BCUT2D eigenvalue weighted by Gasteiger charge is 2.35. The molecule has 9 heteroatoms. The molecule has 0 saturated carbocycles. The highest BCUT2D eigenvalue weighted by molar-refractivity contribution is 6.04. The Morgan fingerprint density at radius 2 is 1.46 bits per heavy atom. The molecule has 0 bridgehead atoms. The fourth-order valence-corrected chi connectivity index (χ4v) is 4.69.